The molecule has 130 valence electrons. The smallest absolute Gasteiger partial charge is 0.235 e. The number of halogens is 1. The maximum absolute atomic E-state index is 13.6. The quantitative estimate of drug-likeness (QED) is 0.458. The van der Waals surface area contributed by atoms with E-state index >= 15 is 0 Å². The summed E-state index contributed by atoms with van der Waals surface area (Å²) in [6.45, 7) is 0. The lowest BCUT2D eigenvalue weighted by Crippen LogP contribution is -2.14. The van der Waals surface area contributed by atoms with E-state index in [4.69, 9.17) is 0 Å². The van der Waals surface area contributed by atoms with Gasteiger partial charge in [-0.15, -0.1) is 11.8 Å². The predicted molar refractivity (Wildman–Crippen MR) is 102 cm³/mol. The van der Waals surface area contributed by atoms with Crippen LogP contribution in [-0.4, -0.2) is 26.8 Å². The molecule has 0 fully saturated rings. The van der Waals surface area contributed by atoms with Crippen molar-refractivity contribution >= 4 is 34.4 Å². The third kappa shape index (κ3) is 3.34. The Bertz CT molecular complexity index is 1070. The number of nitrogens with one attached hydrogen (secondary N) is 3. The minimum absolute atomic E-state index is 0.107. The Morgan fingerprint density at radius 2 is 1.96 bits per heavy atom. The van der Waals surface area contributed by atoms with Crippen LogP contribution in [0.2, 0.25) is 0 Å². The van der Waals surface area contributed by atoms with Gasteiger partial charge >= 0.3 is 0 Å². The highest BCUT2D eigenvalue weighted by atomic mass is 32.2. The molecule has 0 radical (unpaired) electrons. The van der Waals surface area contributed by atoms with Crippen LogP contribution in [0.4, 0.5) is 10.2 Å². The standard InChI is InChI=1S/C19H15FN4OS/c20-14-6-2-4-8-17(14)26-11-19(25)22-18-9-16(23-24-18)13-10-21-15-7-3-1-5-12(13)15/h1-10,21H,11H2,(H2,22,23,24,25). The monoisotopic (exact) mass is 366 g/mol. The van der Waals surface area contributed by atoms with E-state index in [0.29, 0.717) is 10.7 Å². The number of hydrogen-bond acceptors (Lipinski definition) is 3. The summed E-state index contributed by atoms with van der Waals surface area (Å²) in [4.78, 5) is 15.7. The van der Waals surface area contributed by atoms with E-state index in [2.05, 4.69) is 20.5 Å². The number of rotatable bonds is 5. The summed E-state index contributed by atoms with van der Waals surface area (Å²) < 4.78 is 13.6. The number of carbonyl (C=O) groups excluding carboxylic acids is 1. The molecule has 0 aliphatic heterocycles. The summed E-state index contributed by atoms with van der Waals surface area (Å²) in [6.07, 6.45) is 1.90. The van der Waals surface area contributed by atoms with Crippen molar-refractivity contribution in [3.05, 3.63) is 66.6 Å². The summed E-state index contributed by atoms with van der Waals surface area (Å²) in [5, 5.41) is 10.9. The van der Waals surface area contributed by atoms with Gasteiger partial charge in [0.25, 0.3) is 0 Å². The number of thioether (sulfide) groups is 1. The van der Waals surface area contributed by atoms with Crippen molar-refractivity contribution in [3.63, 3.8) is 0 Å². The molecule has 26 heavy (non-hydrogen) atoms. The molecule has 5 nitrogen and oxygen atoms in total. The van der Waals surface area contributed by atoms with Gasteiger partial charge in [0.2, 0.25) is 5.91 Å². The Hall–Kier alpha value is -3.06. The number of carbonyl (C=O) groups is 1. The molecule has 0 spiro atoms. The third-order valence-electron chi connectivity index (χ3n) is 3.92. The van der Waals surface area contributed by atoms with Gasteiger partial charge in [0.1, 0.15) is 5.82 Å². The molecule has 0 bridgehead atoms. The molecule has 4 rings (SSSR count). The number of aromatic amines is 2. The van der Waals surface area contributed by atoms with Crippen molar-refractivity contribution in [2.75, 3.05) is 11.1 Å². The molecule has 2 aromatic heterocycles. The number of benzene rings is 2. The number of H-pyrrole nitrogens is 2. The average molecular weight is 366 g/mol. The Morgan fingerprint density at radius 3 is 2.85 bits per heavy atom. The fourth-order valence-electron chi connectivity index (χ4n) is 2.70. The van der Waals surface area contributed by atoms with Crippen molar-refractivity contribution in [3.8, 4) is 11.3 Å². The number of aromatic nitrogens is 3. The summed E-state index contributed by atoms with van der Waals surface area (Å²) in [6, 6.07) is 16.1. The molecule has 1 amide bonds. The maximum Gasteiger partial charge on any atom is 0.235 e. The molecule has 2 aromatic carbocycles. The second-order valence-corrected chi connectivity index (χ2v) is 6.70. The number of amides is 1. The van der Waals surface area contributed by atoms with Crippen molar-refractivity contribution in [2.24, 2.45) is 0 Å². The first-order valence-electron chi connectivity index (χ1n) is 8.00. The molecule has 0 unspecified atom stereocenters. The van der Waals surface area contributed by atoms with Crippen molar-refractivity contribution in [2.45, 2.75) is 4.90 Å². The second kappa shape index (κ2) is 7.05. The van der Waals surface area contributed by atoms with Crippen molar-refractivity contribution in [1.29, 1.82) is 0 Å². The zero-order chi connectivity index (χ0) is 17.9. The van der Waals surface area contributed by atoms with E-state index < -0.39 is 0 Å². The number of nitrogens with zero attached hydrogens (tertiary/aromatic N) is 1. The molecule has 7 heteroatoms. The highest BCUT2D eigenvalue weighted by molar-refractivity contribution is 8.00. The number of hydrogen-bond donors (Lipinski definition) is 3. The Balaban J connectivity index is 1.43. The number of para-hydroxylation sites is 1. The molecule has 0 aliphatic rings. The summed E-state index contributed by atoms with van der Waals surface area (Å²) in [7, 11) is 0. The van der Waals surface area contributed by atoms with Crippen LogP contribution >= 0.6 is 11.8 Å². The van der Waals surface area contributed by atoms with Crippen LogP contribution in [0.15, 0.2) is 65.7 Å². The van der Waals surface area contributed by atoms with Gasteiger partial charge in [-0.2, -0.15) is 5.10 Å². The molecule has 0 aliphatic carbocycles. The van der Waals surface area contributed by atoms with Crippen LogP contribution in [0, 0.1) is 5.82 Å². The van der Waals surface area contributed by atoms with E-state index in [1.807, 2.05) is 30.5 Å². The van der Waals surface area contributed by atoms with Crippen LogP contribution in [-0.2, 0) is 4.79 Å². The fraction of sp³-hybridized carbons (Fsp3) is 0.0526. The van der Waals surface area contributed by atoms with Crippen LogP contribution in [0.5, 0.6) is 0 Å². The molecule has 0 atom stereocenters. The van der Waals surface area contributed by atoms with E-state index in [1.165, 1.54) is 6.07 Å². The Kier molecular flexibility index (Phi) is 4.45. The zero-order valence-corrected chi connectivity index (χ0v) is 14.4. The number of anilines is 1. The van der Waals surface area contributed by atoms with Gasteiger partial charge < -0.3 is 10.3 Å². The molecule has 0 saturated heterocycles. The number of fused-ring (bicyclic) bond motifs is 1. The molecular formula is C19H15FN4OS. The maximum atomic E-state index is 13.6. The van der Waals surface area contributed by atoms with E-state index in [9.17, 15) is 9.18 Å². The van der Waals surface area contributed by atoms with Crippen molar-refractivity contribution in [1.82, 2.24) is 15.2 Å². The fourth-order valence-corrected chi connectivity index (χ4v) is 3.44. The van der Waals surface area contributed by atoms with Gasteiger partial charge in [0.15, 0.2) is 5.82 Å². The largest absolute Gasteiger partial charge is 0.360 e. The normalized spacial score (nSPS) is 11.0. The van der Waals surface area contributed by atoms with Gasteiger partial charge in [-0.3, -0.25) is 9.89 Å². The first kappa shape index (κ1) is 16.4. The minimum atomic E-state index is -0.327. The lowest BCUT2D eigenvalue weighted by molar-refractivity contribution is -0.113. The van der Waals surface area contributed by atoms with Gasteiger partial charge in [-0.05, 0) is 18.2 Å². The SMILES string of the molecule is O=C(CSc1ccccc1F)Nc1cc(-c2c[nH]c3ccccc23)[nH]n1. The highest BCUT2D eigenvalue weighted by Gasteiger charge is 2.11. The lowest BCUT2D eigenvalue weighted by atomic mass is 10.1. The van der Waals surface area contributed by atoms with Crippen LogP contribution in [0.1, 0.15) is 0 Å². The molecular weight excluding hydrogens is 351 g/mol. The topological polar surface area (TPSA) is 73.6 Å². The molecule has 2 heterocycles. The van der Waals surface area contributed by atoms with E-state index in [-0.39, 0.29) is 17.5 Å². The Morgan fingerprint density at radius 1 is 1.15 bits per heavy atom. The van der Waals surface area contributed by atoms with Gasteiger partial charge in [0, 0.05) is 33.6 Å². The van der Waals surface area contributed by atoms with E-state index in [0.717, 1.165) is 33.9 Å². The second-order valence-electron chi connectivity index (χ2n) is 5.68. The predicted octanol–water partition coefficient (Wildman–Crippen LogP) is 4.43. The summed E-state index contributed by atoms with van der Waals surface area (Å²) in [5.74, 6) is -0.0257. The first-order valence-corrected chi connectivity index (χ1v) is 8.98. The third-order valence-corrected chi connectivity index (χ3v) is 4.97. The molecule has 0 saturated carbocycles. The lowest BCUT2D eigenvalue weighted by Gasteiger charge is -2.03. The van der Waals surface area contributed by atoms with Gasteiger partial charge in [-0.25, -0.2) is 4.39 Å². The van der Waals surface area contributed by atoms with Crippen LogP contribution < -0.4 is 5.32 Å². The Labute approximate surface area is 153 Å². The van der Waals surface area contributed by atoms with Crippen LogP contribution in [0.3, 0.4) is 0 Å². The highest BCUT2D eigenvalue weighted by Crippen LogP contribution is 2.28. The van der Waals surface area contributed by atoms with Gasteiger partial charge in [0.05, 0.1) is 11.4 Å². The van der Waals surface area contributed by atoms with E-state index in [1.54, 1.807) is 24.3 Å². The first-order chi connectivity index (χ1) is 12.7. The summed E-state index contributed by atoms with van der Waals surface area (Å²) >= 11 is 1.15. The molecule has 3 N–H and O–H groups in total. The molecule has 4 aromatic rings. The average Bonchev–Trinajstić information content (AvgIpc) is 3.27. The van der Waals surface area contributed by atoms with Gasteiger partial charge in [-0.1, -0.05) is 30.3 Å². The zero-order valence-electron chi connectivity index (χ0n) is 13.6. The summed E-state index contributed by atoms with van der Waals surface area (Å²) in [5.41, 5.74) is 2.82. The minimum Gasteiger partial charge on any atom is -0.360 e. The van der Waals surface area contributed by atoms with Crippen molar-refractivity contribution < 1.29 is 9.18 Å². The van der Waals surface area contributed by atoms with Crippen LogP contribution in [0.25, 0.3) is 22.2 Å².